The summed E-state index contributed by atoms with van der Waals surface area (Å²) < 4.78 is 0. The molecule has 4 aliphatic rings. The molecule has 0 saturated heterocycles. The van der Waals surface area contributed by atoms with Crippen LogP contribution in [0.4, 0.5) is 0 Å². The molecule has 23 heavy (non-hydrogen) atoms. The Labute approximate surface area is 138 Å². The van der Waals surface area contributed by atoms with Crippen LogP contribution < -0.4 is 0 Å². The van der Waals surface area contributed by atoms with Crippen molar-refractivity contribution in [1.29, 1.82) is 0 Å². The number of ketones is 1. The van der Waals surface area contributed by atoms with Crippen LogP contribution in [0.25, 0.3) is 0 Å². The molecular weight excluding hydrogens is 288 g/mol. The second kappa shape index (κ2) is 4.58. The number of carbonyl (C=O) groups excluding carboxylic acids is 1. The fourth-order valence-corrected chi connectivity index (χ4v) is 6.55. The van der Waals surface area contributed by atoms with Gasteiger partial charge in [0.05, 0.1) is 11.7 Å². The molecule has 0 bridgehead atoms. The number of aliphatic hydroxyl groups is 2. The molecule has 0 amide bonds. The summed E-state index contributed by atoms with van der Waals surface area (Å²) in [6.45, 7) is 6.32. The van der Waals surface area contributed by atoms with Gasteiger partial charge in [0.15, 0.2) is 5.78 Å². The van der Waals surface area contributed by atoms with E-state index >= 15 is 0 Å². The number of hydrogen-bond donors (Lipinski definition) is 2. The quantitative estimate of drug-likeness (QED) is 0.722. The highest BCUT2D eigenvalue weighted by Gasteiger charge is 2.64. The smallest absolute Gasteiger partial charge is 0.178 e. The van der Waals surface area contributed by atoms with Gasteiger partial charge in [-0.15, -0.1) is 0 Å². The van der Waals surface area contributed by atoms with Crippen molar-refractivity contribution in [2.24, 2.45) is 28.6 Å². The summed E-state index contributed by atoms with van der Waals surface area (Å²) in [5.41, 5.74) is 0.114. The van der Waals surface area contributed by atoms with Crippen LogP contribution in [0.3, 0.4) is 0 Å². The predicted octanol–water partition coefficient (Wildman–Crippen LogP) is 3.02. The fourth-order valence-electron chi connectivity index (χ4n) is 6.55. The van der Waals surface area contributed by atoms with Crippen molar-refractivity contribution in [3.8, 4) is 0 Å². The Bertz CT molecular complexity index is 616. The monoisotopic (exact) mass is 316 g/mol. The number of allylic oxidation sites excluding steroid dienone is 4. The highest BCUT2D eigenvalue weighted by atomic mass is 16.3. The molecule has 3 fully saturated rings. The highest BCUT2D eigenvalue weighted by Crippen LogP contribution is 2.66. The molecule has 0 spiro atoms. The maximum Gasteiger partial charge on any atom is 0.178 e. The Morgan fingerprint density at radius 2 is 1.96 bits per heavy atom. The molecule has 7 atom stereocenters. The fraction of sp³-hybridized carbons (Fsp3) is 0.750. The van der Waals surface area contributed by atoms with E-state index < -0.39 is 11.7 Å². The Balaban J connectivity index is 1.76. The molecule has 2 N–H and O–H groups in total. The molecule has 0 aromatic heterocycles. The van der Waals surface area contributed by atoms with Gasteiger partial charge in [-0.2, -0.15) is 0 Å². The lowest BCUT2D eigenvalue weighted by atomic mass is 9.46. The molecule has 0 aliphatic heterocycles. The molecule has 0 aromatic rings. The van der Waals surface area contributed by atoms with Gasteiger partial charge in [-0.25, -0.2) is 0 Å². The summed E-state index contributed by atoms with van der Waals surface area (Å²) in [6, 6.07) is 0. The van der Waals surface area contributed by atoms with E-state index in [9.17, 15) is 15.0 Å². The highest BCUT2D eigenvalue weighted by molar-refractivity contribution is 6.01. The molecule has 4 rings (SSSR count). The number of carbonyl (C=O) groups is 1. The molecule has 126 valence electrons. The summed E-state index contributed by atoms with van der Waals surface area (Å²) in [5.74, 6) is 1.14. The molecule has 3 nitrogen and oxygen atoms in total. The van der Waals surface area contributed by atoms with Crippen LogP contribution in [0.1, 0.15) is 52.9 Å². The molecule has 0 radical (unpaired) electrons. The van der Waals surface area contributed by atoms with Gasteiger partial charge in [-0.1, -0.05) is 25.5 Å². The van der Waals surface area contributed by atoms with Crippen LogP contribution in [0.2, 0.25) is 0 Å². The minimum atomic E-state index is -0.682. The Morgan fingerprint density at radius 3 is 2.70 bits per heavy atom. The third-order valence-electron chi connectivity index (χ3n) is 8.06. The first-order valence-electron chi connectivity index (χ1n) is 9.04. The lowest BCUT2D eigenvalue weighted by Crippen LogP contribution is -2.58. The summed E-state index contributed by atoms with van der Waals surface area (Å²) >= 11 is 0. The topological polar surface area (TPSA) is 57.5 Å². The zero-order valence-electron chi connectivity index (χ0n) is 14.4. The standard InChI is InChI=1S/C20H28O3/c1-18-8-6-13(21)10-12(18)4-5-14-15-7-9-20(3,23)19(15,2)11-16(22)17(14)18/h6,8,10,14-17,22-23H,4-5,7,9,11H2,1-3H3/t14?,15?,16?,17-,18?,19?,20-/m1/s1. The molecule has 0 aromatic carbocycles. The SMILES string of the molecule is CC12C=CC(=O)C=C1CCC1C3CC[C@@](C)(O)C3(C)CC(O)[C@@H]12. The number of aliphatic hydroxyl groups excluding tert-OH is 1. The van der Waals surface area contributed by atoms with Gasteiger partial charge < -0.3 is 10.2 Å². The number of hydrogen-bond acceptors (Lipinski definition) is 3. The predicted molar refractivity (Wildman–Crippen MR) is 88.6 cm³/mol. The van der Waals surface area contributed by atoms with E-state index in [1.807, 2.05) is 13.0 Å². The second-order valence-corrected chi connectivity index (χ2v) is 9.02. The van der Waals surface area contributed by atoms with Gasteiger partial charge in [0.25, 0.3) is 0 Å². The van der Waals surface area contributed by atoms with Crippen molar-refractivity contribution in [2.75, 3.05) is 0 Å². The zero-order valence-corrected chi connectivity index (χ0v) is 14.4. The van der Waals surface area contributed by atoms with Crippen molar-refractivity contribution in [3.63, 3.8) is 0 Å². The molecule has 0 heterocycles. The van der Waals surface area contributed by atoms with Crippen molar-refractivity contribution in [2.45, 2.75) is 64.6 Å². The van der Waals surface area contributed by atoms with Crippen LogP contribution in [-0.2, 0) is 4.79 Å². The lowest BCUT2D eigenvalue weighted by Gasteiger charge is -2.59. The Kier molecular flexibility index (Phi) is 3.10. The normalized spacial score (nSPS) is 55.0. The summed E-state index contributed by atoms with van der Waals surface area (Å²) in [6.07, 6.45) is 9.61. The average molecular weight is 316 g/mol. The van der Waals surface area contributed by atoms with Gasteiger partial charge in [-0.3, -0.25) is 4.79 Å². The van der Waals surface area contributed by atoms with Crippen LogP contribution >= 0.6 is 0 Å². The van der Waals surface area contributed by atoms with Gasteiger partial charge in [0.1, 0.15) is 0 Å². The first-order valence-corrected chi connectivity index (χ1v) is 9.04. The van der Waals surface area contributed by atoms with Crippen molar-refractivity contribution < 1.29 is 15.0 Å². The van der Waals surface area contributed by atoms with Crippen LogP contribution in [0.5, 0.6) is 0 Å². The van der Waals surface area contributed by atoms with E-state index in [4.69, 9.17) is 0 Å². The molecule has 5 unspecified atom stereocenters. The van der Waals surface area contributed by atoms with Crippen molar-refractivity contribution >= 4 is 5.78 Å². The zero-order chi connectivity index (χ0) is 16.6. The minimum absolute atomic E-state index is 0.0786. The summed E-state index contributed by atoms with van der Waals surface area (Å²) in [7, 11) is 0. The van der Waals surface area contributed by atoms with E-state index in [0.29, 0.717) is 18.3 Å². The van der Waals surface area contributed by atoms with E-state index in [-0.39, 0.29) is 22.5 Å². The molecule has 3 heteroatoms. The van der Waals surface area contributed by atoms with Crippen molar-refractivity contribution in [1.82, 2.24) is 0 Å². The van der Waals surface area contributed by atoms with Gasteiger partial charge >= 0.3 is 0 Å². The third kappa shape index (κ3) is 1.87. The van der Waals surface area contributed by atoms with Crippen LogP contribution in [0.15, 0.2) is 23.8 Å². The first-order chi connectivity index (χ1) is 10.7. The van der Waals surface area contributed by atoms with Crippen molar-refractivity contribution in [3.05, 3.63) is 23.8 Å². The number of rotatable bonds is 0. The molecular formula is C20H28O3. The van der Waals surface area contributed by atoms with E-state index in [1.165, 1.54) is 5.57 Å². The number of fused-ring (bicyclic) bond motifs is 5. The van der Waals surface area contributed by atoms with E-state index in [1.54, 1.807) is 12.2 Å². The van der Waals surface area contributed by atoms with Crippen LogP contribution in [0, 0.1) is 28.6 Å². The molecule has 3 saturated carbocycles. The second-order valence-electron chi connectivity index (χ2n) is 9.02. The van der Waals surface area contributed by atoms with Gasteiger partial charge in [0, 0.05) is 16.7 Å². The van der Waals surface area contributed by atoms with E-state index in [0.717, 1.165) is 25.7 Å². The Hall–Kier alpha value is -0.930. The lowest BCUT2D eigenvalue weighted by molar-refractivity contribution is -0.157. The largest absolute Gasteiger partial charge is 0.393 e. The summed E-state index contributed by atoms with van der Waals surface area (Å²) in [4.78, 5) is 11.8. The van der Waals surface area contributed by atoms with Gasteiger partial charge in [-0.05, 0) is 63.0 Å². The average Bonchev–Trinajstić information content (AvgIpc) is 2.69. The third-order valence-corrected chi connectivity index (χ3v) is 8.06. The Morgan fingerprint density at radius 1 is 1.22 bits per heavy atom. The molecule has 4 aliphatic carbocycles. The maximum absolute atomic E-state index is 11.8. The van der Waals surface area contributed by atoms with E-state index in [2.05, 4.69) is 13.8 Å². The maximum atomic E-state index is 11.8. The van der Waals surface area contributed by atoms with Crippen LogP contribution in [-0.4, -0.2) is 27.7 Å². The van der Waals surface area contributed by atoms with Gasteiger partial charge in [0.2, 0.25) is 0 Å². The minimum Gasteiger partial charge on any atom is -0.393 e. The first kappa shape index (κ1) is 15.6. The summed E-state index contributed by atoms with van der Waals surface area (Å²) in [5, 5.41) is 22.0.